The highest BCUT2D eigenvalue weighted by molar-refractivity contribution is 6.34. The predicted molar refractivity (Wildman–Crippen MR) is 96.0 cm³/mol. The van der Waals surface area contributed by atoms with Crippen LogP contribution in [0.2, 0.25) is 5.15 Å². The Kier molecular flexibility index (Phi) is 4.99. The van der Waals surface area contributed by atoms with E-state index in [4.69, 9.17) is 21.1 Å². The number of carbonyl (C=O) groups is 1. The zero-order valence-electron chi connectivity index (χ0n) is 14.7. The Morgan fingerprint density at radius 1 is 1.24 bits per heavy atom. The molecule has 1 aliphatic rings. The van der Waals surface area contributed by atoms with Crippen molar-refractivity contribution >= 4 is 28.5 Å². The zero-order chi connectivity index (χ0) is 18.0. The van der Waals surface area contributed by atoms with E-state index < -0.39 is 5.60 Å². The van der Waals surface area contributed by atoms with Crippen molar-refractivity contribution in [2.75, 3.05) is 13.1 Å². The molecule has 0 spiro atoms. The molecule has 7 heteroatoms. The van der Waals surface area contributed by atoms with E-state index in [0.29, 0.717) is 24.1 Å². The normalized spacial score (nSPS) is 18.2. The molecular weight excluding hydrogens is 342 g/mol. The molecular formula is C18H22ClN3O3. The van der Waals surface area contributed by atoms with Gasteiger partial charge in [0.25, 0.3) is 0 Å². The lowest BCUT2D eigenvalue weighted by atomic mass is 10.1. The van der Waals surface area contributed by atoms with Gasteiger partial charge in [-0.1, -0.05) is 29.8 Å². The van der Waals surface area contributed by atoms with Crippen LogP contribution < -0.4 is 4.74 Å². The fourth-order valence-corrected chi connectivity index (χ4v) is 3.02. The lowest BCUT2D eigenvalue weighted by Gasteiger charge is -2.34. The molecule has 134 valence electrons. The van der Waals surface area contributed by atoms with Crippen molar-refractivity contribution in [1.29, 1.82) is 0 Å². The molecule has 2 heterocycles. The second-order valence-corrected chi connectivity index (χ2v) is 7.51. The number of hydrogen-bond donors (Lipinski definition) is 0. The van der Waals surface area contributed by atoms with Gasteiger partial charge in [0.15, 0.2) is 5.15 Å². The van der Waals surface area contributed by atoms with Crippen molar-refractivity contribution in [3.63, 3.8) is 0 Å². The van der Waals surface area contributed by atoms with Gasteiger partial charge < -0.3 is 14.4 Å². The molecule has 0 unspecified atom stereocenters. The average molecular weight is 364 g/mol. The Labute approximate surface area is 152 Å². The SMILES string of the molecule is CC(C)(C)OC(=O)N1CCC[C@@H](Oc2nnc(Cl)c3ccccc23)C1. The maximum atomic E-state index is 12.3. The first-order valence-corrected chi connectivity index (χ1v) is 8.77. The number of halogens is 1. The summed E-state index contributed by atoms with van der Waals surface area (Å²) in [6.45, 7) is 6.71. The minimum absolute atomic E-state index is 0.153. The third-order valence-corrected chi connectivity index (χ3v) is 4.20. The van der Waals surface area contributed by atoms with Crippen LogP contribution in [-0.4, -0.2) is 46.0 Å². The zero-order valence-corrected chi connectivity index (χ0v) is 15.4. The molecule has 0 bridgehead atoms. The molecule has 6 nitrogen and oxygen atoms in total. The summed E-state index contributed by atoms with van der Waals surface area (Å²) < 4.78 is 11.5. The summed E-state index contributed by atoms with van der Waals surface area (Å²) in [7, 11) is 0. The van der Waals surface area contributed by atoms with Gasteiger partial charge in [-0.15, -0.1) is 10.2 Å². The first-order valence-electron chi connectivity index (χ1n) is 8.39. The highest BCUT2D eigenvalue weighted by Crippen LogP contribution is 2.29. The molecule has 1 atom stereocenters. The van der Waals surface area contributed by atoms with Crippen molar-refractivity contribution in [2.45, 2.75) is 45.3 Å². The Morgan fingerprint density at radius 3 is 2.68 bits per heavy atom. The van der Waals surface area contributed by atoms with Crippen LogP contribution >= 0.6 is 11.6 Å². The van der Waals surface area contributed by atoms with E-state index in [-0.39, 0.29) is 12.2 Å². The summed E-state index contributed by atoms with van der Waals surface area (Å²) in [4.78, 5) is 14.0. The summed E-state index contributed by atoms with van der Waals surface area (Å²) in [5, 5.41) is 10.0. The second-order valence-electron chi connectivity index (χ2n) is 7.15. The monoisotopic (exact) mass is 363 g/mol. The number of likely N-dealkylation sites (tertiary alicyclic amines) is 1. The fraction of sp³-hybridized carbons (Fsp3) is 0.500. The number of aromatic nitrogens is 2. The molecule has 1 fully saturated rings. The summed E-state index contributed by atoms with van der Waals surface area (Å²) >= 11 is 6.10. The summed E-state index contributed by atoms with van der Waals surface area (Å²) in [6, 6.07) is 7.58. The van der Waals surface area contributed by atoms with E-state index >= 15 is 0 Å². The maximum Gasteiger partial charge on any atom is 0.410 e. The average Bonchev–Trinajstić information content (AvgIpc) is 2.56. The van der Waals surface area contributed by atoms with Gasteiger partial charge in [0.2, 0.25) is 5.88 Å². The molecule has 1 amide bonds. The Hall–Kier alpha value is -2.08. The van der Waals surface area contributed by atoms with Gasteiger partial charge in [-0.05, 0) is 39.7 Å². The number of hydrogen-bond acceptors (Lipinski definition) is 5. The van der Waals surface area contributed by atoms with Crippen LogP contribution in [0.15, 0.2) is 24.3 Å². The maximum absolute atomic E-state index is 12.3. The highest BCUT2D eigenvalue weighted by Gasteiger charge is 2.29. The number of fused-ring (bicyclic) bond motifs is 1. The molecule has 1 aromatic carbocycles. The van der Waals surface area contributed by atoms with Crippen LogP contribution in [0.1, 0.15) is 33.6 Å². The van der Waals surface area contributed by atoms with E-state index in [9.17, 15) is 4.79 Å². The number of benzene rings is 1. The third-order valence-electron chi connectivity index (χ3n) is 3.92. The lowest BCUT2D eigenvalue weighted by Crippen LogP contribution is -2.46. The van der Waals surface area contributed by atoms with Gasteiger partial charge in [0, 0.05) is 17.3 Å². The highest BCUT2D eigenvalue weighted by atomic mass is 35.5. The first kappa shape index (κ1) is 17.7. The molecule has 0 N–H and O–H groups in total. The molecule has 25 heavy (non-hydrogen) atoms. The molecule has 1 aliphatic heterocycles. The molecule has 0 radical (unpaired) electrons. The van der Waals surface area contributed by atoms with Crippen molar-refractivity contribution in [1.82, 2.24) is 15.1 Å². The molecule has 1 aromatic heterocycles. The van der Waals surface area contributed by atoms with Crippen LogP contribution in [-0.2, 0) is 4.74 Å². The number of amides is 1. The minimum Gasteiger partial charge on any atom is -0.471 e. The van der Waals surface area contributed by atoms with Crippen LogP contribution in [0.3, 0.4) is 0 Å². The van der Waals surface area contributed by atoms with Crippen molar-refractivity contribution < 1.29 is 14.3 Å². The second kappa shape index (κ2) is 7.04. The van der Waals surface area contributed by atoms with Gasteiger partial charge in [0.05, 0.1) is 6.54 Å². The largest absolute Gasteiger partial charge is 0.471 e. The number of nitrogens with zero attached hydrogens (tertiary/aromatic N) is 3. The predicted octanol–water partition coefficient (Wildman–Crippen LogP) is 4.06. The Morgan fingerprint density at radius 2 is 1.96 bits per heavy atom. The van der Waals surface area contributed by atoms with Crippen molar-refractivity contribution in [2.24, 2.45) is 0 Å². The number of ether oxygens (including phenoxy) is 2. The fourth-order valence-electron chi connectivity index (χ4n) is 2.82. The molecule has 2 aromatic rings. The minimum atomic E-state index is -0.511. The lowest BCUT2D eigenvalue weighted by molar-refractivity contribution is 0.00733. The van der Waals surface area contributed by atoms with Gasteiger partial charge in [0.1, 0.15) is 11.7 Å². The third kappa shape index (κ3) is 4.31. The molecule has 3 rings (SSSR count). The van der Waals surface area contributed by atoms with E-state index in [0.717, 1.165) is 23.6 Å². The smallest absolute Gasteiger partial charge is 0.410 e. The topological polar surface area (TPSA) is 64.5 Å². The van der Waals surface area contributed by atoms with Crippen LogP contribution in [0, 0.1) is 0 Å². The van der Waals surface area contributed by atoms with Crippen LogP contribution in [0.4, 0.5) is 4.79 Å². The van der Waals surface area contributed by atoms with Crippen LogP contribution in [0.5, 0.6) is 5.88 Å². The van der Waals surface area contributed by atoms with E-state index in [1.54, 1.807) is 4.90 Å². The van der Waals surface area contributed by atoms with Gasteiger partial charge in [-0.25, -0.2) is 4.79 Å². The quantitative estimate of drug-likeness (QED) is 0.805. The van der Waals surface area contributed by atoms with Gasteiger partial charge >= 0.3 is 6.09 Å². The molecule has 0 saturated carbocycles. The Balaban J connectivity index is 1.73. The summed E-state index contributed by atoms with van der Waals surface area (Å²) in [5.74, 6) is 0.441. The number of carbonyl (C=O) groups excluding carboxylic acids is 1. The van der Waals surface area contributed by atoms with E-state index in [2.05, 4.69) is 10.2 Å². The molecule has 1 saturated heterocycles. The standard InChI is InChI=1S/C18H22ClN3O3/c1-18(2,3)25-17(23)22-10-6-7-12(11-22)24-16-14-9-5-4-8-13(14)15(19)20-21-16/h4-5,8-9,12H,6-7,10-11H2,1-3H3/t12-/m1/s1. The number of piperidine rings is 1. The Bertz CT molecular complexity index is 776. The van der Waals surface area contributed by atoms with Crippen LogP contribution in [0.25, 0.3) is 10.8 Å². The summed E-state index contributed by atoms with van der Waals surface area (Å²) in [5.41, 5.74) is -0.511. The van der Waals surface area contributed by atoms with E-state index in [1.807, 2.05) is 45.0 Å². The van der Waals surface area contributed by atoms with Gasteiger partial charge in [-0.3, -0.25) is 0 Å². The van der Waals surface area contributed by atoms with Crippen molar-refractivity contribution in [3.8, 4) is 5.88 Å². The first-order chi connectivity index (χ1) is 11.8. The van der Waals surface area contributed by atoms with Crippen molar-refractivity contribution in [3.05, 3.63) is 29.4 Å². The number of rotatable bonds is 2. The van der Waals surface area contributed by atoms with Gasteiger partial charge in [-0.2, -0.15) is 0 Å². The molecule has 0 aliphatic carbocycles. The van der Waals surface area contributed by atoms with E-state index in [1.165, 1.54) is 0 Å². The summed E-state index contributed by atoms with van der Waals surface area (Å²) in [6.07, 6.45) is 1.23.